The van der Waals surface area contributed by atoms with Crippen molar-refractivity contribution in [2.24, 2.45) is 5.41 Å². The van der Waals surface area contributed by atoms with E-state index in [-0.39, 0.29) is 17.4 Å². The Morgan fingerprint density at radius 1 is 1.69 bits per heavy atom. The van der Waals surface area contributed by atoms with Crippen LogP contribution in [0.15, 0.2) is 6.20 Å². The summed E-state index contributed by atoms with van der Waals surface area (Å²) in [7, 11) is 0. The van der Waals surface area contributed by atoms with E-state index in [1.165, 1.54) is 11.5 Å². The monoisotopic (exact) mass is 240 g/mol. The molecule has 0 aliphatic carbocycles. The molecule has 1 atom stereocenters. The molecule has 0 spiro atoms. The molecule has 0 aromatic carbocycles. The van der Waals surface area contributed by atoms with E-state index in [2.05, 4.69) is 34.1 Å². The Hall–Kier alpha value is -1.01. The second-order valence-electron chi connectivity index (χ2n) is 4.75. The molecule has 6 heteroatoms. The van der Waals surface area contributed by atoms with Crippen LogP contribution in [0.3, 0.4) is 0 Å². The number of piperidine rings is 1. The van der Waals surface area contributed by atoms with E-state index in [4.69, 9.17) is 0 Å². The van der Waals surface area contributed by atoms with Crippen molar-refractivity contribution < 1.29 is 4.79 Å². The summed E-state index contributed by atoms with van der Waals surface area (Å²) >= 11 is 1.19. The van der Waals surface area contributed by atoms with E-state index in [0.717, 1.165) is 19.4 Å². The zero-order valence-corrected chi connectivity index (χ0v) is 10.3. The molecule has 2 N–H and O–H groups in total. The van der Waals surface area contributed by atoms with Crippen LogP contribution in [0, 0.1) is 5.41 Å². The summed E-state index contributed by atoms with van der Waals surface area (Å²) in [6, 6.07) is -0.136. The Morgan fingerprint density at radius 2 is 2.50 bits per heavy atom. The number of nitrogens with zero attached hydrogens (tertiary/aromatic N) is 2. The van der Waals surface area contributed by atoms with Crippen molar-refractivity contribution in [2.75, 3.05) is 11.9 Å². The summed E-state index contributed by atoms with van der Waals surface area (Å²) in [4.78, 5) is 12.1. The minimum absolute atomic E-state index is 0.000446. The van der Waals surface area contributed by atoms with Crippen molar-refractivity contribution in [1.29, 1.82) is 0 Å². The minimum atomic E-state index is -0.136. The van der Waals surface area contributed by atoms with Gasteiger partial charge < -0.3 is 10.6 Å². The maximum atomic E-state index is 12.1. The Kier molecular flexibility index (Phi) is 3.20. The quantitative estimate of drug-likeness (QED) is 0.816. The molecule has 0 saturated carbocycles. The average molecular weight is 240 g/mol. The van der Waals surface area contributed by atoms with Crippen molar-refractivity contribution in [3.05, 3.63) is 6.20 Å². The Bertz CT molecular complexity index is 363. The highest BCUT2D eigenvalue weighted by Gasteiger charge is 2.37. The molecule has 1 saturated heterocycles. The molecular weight excluding hydrogens is 224 g/mol. The van der Waals surface area contributed by atoms with E-state index in [9.17, 15) is 4.79 Å². The SMILES string of the molecule is CC1(C)CCCNC1C(=O)Nc1cnns1. The molecule has 0 radical (unpaired) electrons. The molecule has 1 amide bonds. The third kappa shape index (κ3) is 2.38. The summed E-state index contributed by atoms with van der Waals surface area (Å²) in [6.07, 6.45) is 3.76. The molecule has 1 aromatic heterocycles. The van der Waals surface area contributed by atoms with Gasteiger partial charge in [-0.25, -0.2) is 0 Å². The van der Waals surface area contributed by atoms with E-state index in [0.29, 0.717) is 5.00 Å². The minimum Gasteiger partial charge on any atom is -0.314 e. The van der Waals surface area contributed by atoms with Gasteiger partial charge in [-0.1, -0.05) is 18.3 Å². The van der Waals surface area contributed by atoms with Gasteiger partial charge in [0.1, 0.15) is 5.00 Å². The van der Waals surface area contributed by atoms with Gasteiger partial charge >= 0.3 is 0 Å². The van der Waals surface area contributed by atoms with Crippen LogP contribution in [0.5, 0.6) is 0 Å². The van der Waals surface area contributed by atoms with Crippen molar-refractivity contribution >= 4 is 22.4 Å². The number of anilines is 1. The first-order chi connectivity index (χ1) is 7.59. The summed E-state index contributed by atoms with van der Waals surface area (Å²) in [5.41, 5.74) is 0.000446. The van der Waals surface area contributed by atoms with Gasteiger partial charge in [-0.15, -0.1) is 5.10 Å². The number of carbonyl (C=O) groups excluding carboxylic acids is 1. The average Bonchev–Trinajstić information content (AvgIpc) is 2.69. The van der Waals surface area contributed by atoms with Crippen LogP contribution in [0.1, 0.15) is 26.7 Å². The zero-order valence-electron chi connectivity index (χ0n) is 9.49. The highest BCUT2D eigenvalue weighted by molar-refractivity contribution is 7.10. The number of rotatable bonds is 2. The lowest BCUT2D eigenvalue weighted by Gasteiger charge is -2.38. The maximum Gasteiger partial charge on any atom is 0.242 e. The van der Waals surface area contributed by atoms with Crippen LogP contribution in [0.4, 0.5) is 5.00 Å². The topological polar surface area (TPSA) is 66.9 Å². The van der Waals surface area contributed by atoms with Crippen LogP contribution in [-0.4, -0.2) is 28.1 Å². The van der Waals surface area contributed by atoms with Crippen LogP contribution in [0.2, 0.25) is 0 Å². The van der Waals surface area contributed by atoms with Gasteiger partial charge in [0.15, 0.2) is 0 Å². The van der Waals surface area contributed by atoms with Crippen molar-refractivity contribution in [2.45, 2.75) is 32.7 Å². The van der Waals surface area contributed by atoms with Gasteiger partial charge in [-0.2, -0.15) is 0 Å². The van der Waals surface area contributed by atoms with Crippen LogP contribution >= 0.6 is 11.5 Å². The van der Waals surface area contributed by atoms with Crippen LogP contribution in [0.25, 0.3) is 0 Å². The fraction of sp³-hybridized carbons (Fsp3) is 0.700. The molecule has 1 aromatic rings. The summed E-state index contributed by atoms with van der Waals surface area (Å²) in [5, 5.41) is 10.5. The van der Waals surface area contributed by atoms with Crippen LogP contribution in [-0.2, 0) is 4.79 Å². The van der Waals surface area contributed by atoms with Gasteiger partial charge in [-0.05, 0) is 24.8 Å². The first kappa shape index (κ1) is 11.5. The number of nitrogens with one attached hydrogen (secondary N) is 2. The zero-order chi connectivity index (χ0) is 11.6. The van der Waals surface area contributed by atoms with Crippen molar-refractivity contribution in [3.8, 4) is 0 Å². The Morgan fingerprint density at radius 3 is 3.12 bits per heavy atom. The number of aromatic nitrogens is 2. The molecule has 1 aliphatic rings. The Balaban J connectivity index is 2.03. The number of hydrogen-bond donors (Lipinski definition) is 2. The van der Waals surface area contributed by atoms with Gasteiger partial charge in [0.05, 0.1) is 12.2 Å². The normalized spacial score (nSPS) is 24.0. The third-order valence-corrected chi connectivity index (χ3v) is 3.58. The second-order valence-corrected chi connectivity index (χ2v) is 5.54. The van der Waals surface area contributed by atoms with Crippen LogP contribution < -0.4 is 10.6 Å². The predicted molar refractivity (Wildman–Crippen MR) is 63.3 cm³/mol. The lowest BCUT2D eigenvalue weighted by atomic mass is 9.77. The third-order valence-electron chi connectivity index (χ3n) is 3.00. The first-order valence-electron chi connectivity index (χ1n) is 5.41. The molecule has 1 unspecified atom stereocenters. The lowest BCUT2D eigenvalue weighted by molar-refractivity contribution is -0.121. The first-order valence-corrected chi connectivity index (χ1v) is 6.18. The van der Waals surface area contributed by atoms with E-state index in [1.54, 1.807) is 6.20 Å². The molecule has 1 fully saturated rings. The molecule has 88 valence electrons. The fourth-order valence-electron chi connectivity index (χ4n) is 2.07. The summed E-state index contributed by atoms with van der Waals surface area (Å²) in [6.45, 7) is 5.14. The molecular formula is C10H16N4OS. The van der Waals surface area contributed by atoms with Gasteiger partial charge in [0.25, 0.3) is 0 Å². The molecule has 5 nitrogen and oxygen atoms in total. The highest BCUT2D eigenvalue weighted by atomic mass is 32.1. The predicted octanol–water partition coefficient (Wildman–Crippen LogP) is 1.25. The van der Waals surface area contributed by atoms with Gasteiger partial charge in [0.2, 0.25) is 5.91 Å². The molecule has 1 aliphatic heterocycles. The molecule has 2 heterocycles. The van der Waals surface area contributed by atoms with Crippen molar-refractivity contribution in [1.82, 2.24) is 14.9 Å². The lowest BCUT2D eigenvalue weighted by Crippen LogP contribution is -2.53. The molecule has 2 rings (SSSR count). The van der Waals surface area contributed by atoms with Gasteiger partial charge in [-0.3, -0.25) is 4.79 Å². The fourth-order valence-corrected chi connectivity index (χ4v) is 2.50. The second kappa shape index (κ2) is 4.47. The van der Waals surface area contributed by atoms with E-state index >= 15 is 0 Å². The molecule has 16 heavy (non-hydrogen) atoms. The summed E-state index contributed by atoms with van der Waals surface area (Å²) in [5.74, 6) is 0.00995. The van der Waals surface area contributed by atoms with E-state index in [1.807, 2.05) is 0 Å². The van der Waals surface area contributed by atoms with Crippen molar-refractivity contribution in [3.63, 3.8) is 0 Å². The number of carbonyl (C=O) groups is 1. The Labute approximate surface area is 98.8 Å². The highest BCUT2D eigenvalue weighted by Crippen LogP contribution is 2.30. The largest absolute Gasteiger partial charge is 0.314 e. The maximum absolute atomic E-state index is 12.1. The smallest absolute Gasteiger partial charge is 0.242 e. The van der Waals surface area contributed by atoms with Gasteiger partial charge in [0, 0.05) is 11.5 Å². The number of hydrogen-bond acceptors (Lipinski definition) is 5. The standard InChI is InChI=1S/C10H16N4OS/c1-10(2)4-3-5-11-8(10)9(15)13-7-6-12-14-16-7/h6,8,11H,3-5H2,1-2H3,(H,13,15). The molecule has 0 bridgehead atoms. The van der Waals surface area contributed by atoms with E-state index < -0.39 is 0 Å². The number of amides is 1. The summed E-state index contributed by atoms with van der Waals surface area (Å²) < 4.78 is 3.71.